The maximum absolute atomic E-state index is 11.5. The Hall–Kier alpha value is -0.360. The average molecular weight is 264 g/mol. The van der Waals surface area contributed by atoms with Crippen LogP contribution in [0.1, 0.15) is 5.69 Å². The van der Waals surface area contributed by atoms with Gasteiger partial charge in [0.15, 0.2) is 0 Å². The molecule has 4 nitrogen and oxygen atoms in total. The first-order chi connectivity index (χ1) is 7.18. The van der Waals surface area contributed by atoms with Gasteiger partial charge in [-0.2, -0.15) is 0 Å². The molecule has 1 aliphatic heterocycles. The molecule has 0 unspecified atom stereocenters. The molecule has 1 N–H and O–H groups in total. The fraction of sp³-hybridized carbons (Fsp3) is 0.700. The van der Waals surface area contributed by atoms with Gasteiger partial charge in [-0.3, -0.25) is 9.69 Å². The molecule has 1 fully saturated rings. The summed E-state index contributed by atoms with van der Waals surface area (Å²) >= 11 is 1.29. The van der Waals surface area contributed by atoms with Crippen LogP contribution in [0.5, 0.6) is 0 Å². The minimum Gasteiger partial charge on any atom is -0.314 e. The summed E-state index contributed by atoms with van der Waals surface area (Å²) < 4.78 is 1.85. The number of hydrogen-bond donors (Lipinski definition) is 1. The summed E-state index contributed by atoms with van der Waals surface area (Å²) in [5, 5.41) is 5.17. The highest BCUT2D eigenvalue weighted by molar-refractivity contribution is 7.07. The van der Waals surface area contributed by atoms with Crippen molar-refractivity contribution in [3.8, 4) is 0 Å². The molecule has 92 valence electrons. The van der Waals surface area contributed by atoms with Crippen LogP contribution in [-0.4, -0.2) is 42.2 Å². The molecule has 0 aromatic carbocycles. The first kappa shape index (κ1) is 13.7. The van der Waals surface area contributed by atoms with E-state index in [0.29, 0.717) is 6.04 Å². The van der Waals surface area contributed by atoms with E-state index >= 15 is 0 Å². The molecule has 0 radical (unpaired) electrons. The van der Waals surface area contributed by atoms with Gasteiger partial charge in [-0.25, -0.2) is 0 Å². The van der Waals surface area contributed by atoms with Crippen LogP contribution in [0.4, 0.5) is 0 Å². The van der Waals surface area contributed by atoms with E-state index in [4.69, 9.17) is 0 Å². The lowest BCUT2D eigenvalue weighted by Crippen LogP contribution is -2.56. The van der Waals surface area contributed by atoms with Crippen LogP contribution in [0, 0.1) is 6.92 Å². The molecule has 1 aliphatic rings. The molecule has 6 heteroatoms. The SMILES string of the molecule is Cc1csc(=O)n1CCN(C)C1CNC1.Cl. The summed E-state index contributed by atoms with van der Waals surface area (Å²) in [6, 6.07) is 0.652. The van der Waals surface area contributed by atoms with Gasteiger partial charge in [-0.1, -0.05) is 11.3 Å². The van der Waals surface area contributed by atoms with Crippen molar-refractivity contribution in [1.82, 2.24) is 14.8 Å². The van der Waals surface area contributed by atoms with Gasteiger partial charge in [0, 0.05) is 43.3 Å². The topological polar surface area (TPSA) is 37.3 Å². The van der Waals surface area contributed by atoms with Crippen LogP contribution in [0.25, 0.3) is 0 Å². The Labute approximate surface area is 106 Å². The second-order valence-electron chi connectivity index (χ2n) is 4.09. The van der Waals surface area contributed by atoms with Crippen molar-refractivity contribution in [3.05, 3.63) is 20.7 Å². The van der Waals surface area contributed by atoms with Gasteiger partial charge in [0.1, 0.15) is 0 Å². The standard InChI is InChI=1S/C10H17N3OS.ClH/c1-8-7-15-10(14)13(8)4-3-12(2)9-5-11-6-9;/h7,9,11H,3-6H2,1-2H3;1H. The normalized spacial score (nSPS) is 15.9. The largest absolute Gasteiger partial charge is 0.314 e. The van der Waals surface area contributed by atoms with Gasteiger partial charge in [0.2, 0.25) is 0 Å². The van der Waals surface area contributed by atoms with E-state index in [1.165, 1.54) is 11.3 Å². The van der Waals surface area contributed by atoms with Crippen LogP contribution >= 0.6 is 23.7 Å². The van der Waals surface area contributed by atoms with Crippen molar-refractivity contribution in [2.24, 2.45) is 0 Å². The Morgan fingerprint density at radius 3 is 2.75 bits per heavy atom. The van der Waals surface area contributed by atoms with E-state index in [9.17, 15) is 4.79 Å². The average Bonchev–Trinajstić information content (AvgIpc) is 2.41. The van der Waals surface area contributed by atoms with Crippen molar-refractivity contribution < 1.29 is 0 Å². The minimum atomic E-state index is 0. The molecule has 0 saturated carbocycles. The Balaban J connectivity index is 0.00000128. The van der Waals surface area contributed by atoms with Crippen LogP contribution < -0.4 is 10.2 Å². The number of nitrogens with zero attached hydrogens (tertiary/aromatic N) is 2. The monoisotopic (exact) mass is 263 g/mol. The van der Waals surface area contributed by atoms with Crippen LogP contribution in [0.2, 0.25) is 0 Å². The fourth-order valence-electron chi connectivity index (χ4n) is 1.70. The predicted octanol–water partition coefficient (Wildman–Crippen LogP) is 0.544. The third kappa shape index (κ3) is 2.85. The van der Waals surface area contributed by atoms with Crippen LogP contribution in [0.3, 0.4) is 0 Å². The van der Waals surface area contributed by atoms with Crippen molar-refractivity contribution >= 4 is 23.7 Å². The molecule has 2 rings (SSSR count). The van der Waals surface area contributed by atoms with E-state index in [1.54, 1.807) is 0 Å². The van der Waals surface area contributed by atoms with E-state index < -0.39 is 0 Å². The first-order valence-corrected chi connectivity index (χ1v) is 6.12. The third-order valence-electron chi connectivity index (χ3n) is 3.04. The van der Waals surface area contributed by atoms with Crippen LogP contribution in [-0.2, 0) is 6.54 Å². The highest BCUT2D eigenvalue weighted by Gasteiger charge is 2.21. The Morgan fingerprint density at radius 2 is 2.31 bits per heavy atom. The summed E-state index contributed by atoms with van der Waals surface area (Å²) in [5.74, 6) is 0. The number of aromatic nitrogens is 1. The van der Waals surface area contributed by atoms with E-state index in [0.717, 1.165) is 31.9 Å². The fourth-order valence-corrected chi connectivity index (χ4v) is 2.46. The summed E-state index contributed by atoms with van der Waals surface area (Å²) in [6.07, 6.45) is 0. The Bertz CT molecular complexity index is 386. The van der Waals surface area contributed by atoms with E-state index in [1.807, 2.05) is 16.9 Å². The predicted molar refractivity (Wildman–Crippen MR) is 69.9 cm³/mol. The zero-order valence-electron chi connectivity index (χ0n) is 9.60. The summed E-state index contributed by atoms with van der Waals surface area (Å²) in [6.45, 7) is 5.90. The number of halogens is 1. The molecule has 2 heterocycles. The number of nitrogens with one attached hydrogen (secondary N) is 1. The molecule has 0 atom stereocenters. The highest BCUT2D eigenvalue weighted by atomic mass is 35.5. The van der Waals surface area contributed by atoms with Crippen molar-refractivity contribution in [2.75, 3.05) is 26.7 Å². The third-order valence-corrected chi connectivity index (χ3v) is 3.92. The highest BCUT2D eigenvalue weighted by Crippen LogP contribution is 2.04. The number of rotatable bonds is 4. The number of aryl methyl sites for hydroxylation is 1. The number of likely N-dealkylation sites (N-methyl/N-ethyl adjacent to an activating group) is 1. The number of hydrogen-bond acceptors (Lipinski definition) is 4. The van der Waals surface area contributed by atoms with Gasteiger partial charge in [0.25, 0.3) is 0 Å². The molecule has 0 bridgehead atoms. The first-order valence-electron chi connectivity index (χ1n) is 5.24. The zero-order valence-corrected chi connectivity index (χ0v) is 11.2. The quantitative estimate of drug-likeness (QED) is 0.862. The lowest BCUT2D eigenvalue weighted by molar-refractivity contribution is 0.174. The number of thiazole rings is 1. The molecular formula is C10H18ClN3OS. The maximum Gasteiger partial charge on any atom is 0.307 e. The van der Waals surface area contributed by atoms with Crippen molar-refractivity contribution in [2.45, 2.75) is 19.5 Å². The maximum atomic E-state index is 11.5. The minimum absolute atomic E-state index is 0. The molecular weight excluding hydrogens is 246 g/mol. The van der Waals surface area contributed by atoms with Gasteiger partial charge < -0.3 is 9.88 Å². The zero-order chi connectivity index (χ0) is 10.8. The summed E-state index contributed by atoms with van der Waals surface area (Å²) in [4.78, 5) is 13.9. The summed E-state index contributed by atoms with van der Waals surface area (Å²) in [5.41, 5.74) is 1.07. The summed E-state index contributed by atoms with van der Waals surface area (Å²) in [7, 11) is 2.12. The second kappa shape index (κ2) is 5.82. The molecule has 0 spiro atoms. The molecule has 0 amide bonds. The van der Waals surface area contributed by atoms with Gasteiger partial charge in [-0.15, -0.1) is 12.4 Å². The Morgan fingerprint density at radius 1 is 1.62 bits per heavy atom. The molecule has 0 aliphatic carbocycles. The van der Waals surface area contributed by atoms with Gasteiger partial charge >= 0.3 is 4.87 Å². The van der Waals surface area contributed by atoms with Gasteiger partial charge in [-0.05, 0) is 14.0 Å². The van der Waals surface area contributed by atoms with E-state index in [-0.39, 0.29) is 17.3 Å². The van der Waals surface area contributed by atoms with Crippen molar-refractivity contribution in [3.63, 3.8) is 0 Å². The van der Waals surface area contributed by atoms with Gasteiger partial charge in [0.05, 0.1) is 0 Å². The van der Waals surface area contributed by atoms with E-state index in [2.05, 4.69) is 17.3 Å². The molecule has 1 aromatic heterocycles. The molecule has 1 saturated heterocycles. The lowest BCUT2D eigenvalue weighted by atomic mass is 10.1. The smallest absolute Gasteiger partial charge is 0.307 e. The lowest BCUT2D eigenvalue weighted by Gasteiger charge is -2.35. The van der Waals surface area contributed by atoms with Crippen molar-refractivity contribution in [1.29, 1.82) is 0 Å². The molecule has 16 heavy (non-hydrogen) atoms. The second-order valence-corrected chi connectivity index (χ2v) is 4.91. The Kier molecular flexibility index (Phi) is 4.98. The molecule has 1 aromatic rings. The van der Waals surface area contributed by atoms with Crippen LogP contribution in [0.15, 0.2) is 10.2 Å².